The highest BCUT2D eigenvalue weighted by molar-refractivity contribution is 5.41. The lowest BCUT2D eigenvalue weighted by molar-refractivity contribution is 0.215. The van der Waals surface area contributed by atoms with Crippen LogP contribution in [0.25, 0.3) is 0 Å². The molecular formula is C16H17NO. The Balaban J connectivity index is 1.96. The highest BCUT2D eigenvalue weighted by Crippen LogP contribution is 2.37. The summed E-state index contributed by atoms with van der Waals surface area (Å²) in [4.78, 5) is 0. The van der Waals surface area contributed by atoms with Crippen molar-refractivity contribution in [3.8, 4) is 5.75 Å². The van der Waals surface area contributed by atoms with Gasteiger partial charge in [-0.15, -0.1) is 0 Å². The van der Waals surface area contributed by atoms with Crippen LogP contribution in [0, 0.1) is 0 Å². The van der Waals surface area contributed by atoms with Crippen molar-refractivity contribution >= 4 is 0 Å². The molecule has 0 saturated carbocycles. The fraction of sp³-hybridized carbons (Fsp3) is 0.250. The molecule has 0 spiro atoms. The van der Waals surface area contributed by atoms with E-state index in [1.54, 1.807) is 0 Å². The zero-order chi connectivity index (χ0) is 12.4. The van der Waals surface area contributed by atoms with Crippen LogP contribution in [-0.4, -0.2) is 6.61 Å². The van der Waals surface area contributed by atoms with Crippen molar-refractivity contribution in [2.75, 3.05) is 6.61 Å². The molecule has 1 unspecified atom stereocenters. The second-order valence-corrected chi connectivity index (χ2v) is 4.91. The summed E-state index contributed by atoms with van der Waals surface area (Å²) < 4.78 is 5.68. The van der Waals surface area contributed by atoms with E-state index in [4.69, 9.17) is 10.5 Å². The van der Waals surface area contributed by atoms with Crippen molar-refractivity contribution in [2.24, 2.45) is 5.73 Å². The van der Waals surface area contributed by atoms with Crippen molar-refractivity contribution in [2.45, 2.75) is 18.4 Å². The Hall–Kier alpha value is -1.80. The van der Waals surface area contributed by atoms with Crippen LogP contribution in [0.1, 0.15) is 17.5 Å². The summed E-state index contributed by atoms with van der Waals surface area (Å²) in [5.41, 5.74) is 8.71. The van der Waals surface area contributed by atoms with Crippen LogP contribution >= 0.6 is 0 Å². The second-order valence-electron chi connectivity index (χ2n) is 4.91. The number of nitrogens with two attached hydrogens (primary N) is 1. The number of para-hydroxylation sites is 1. The summed E-state index contributed by atoms with van der Waals surface area (Å²) in [6.45, 7) is 0.695. The third kappa shape index (κ3) is 2.00. The molecule has 0 fully saturated rings. The Kier molecular flexibility index (Phi) is 2.80. The number of benzene rings is 2. The molecule has 92 valence electrons. The number of hydrogen-bond acceptors (Lipinski definition) is 2. The van der Waals surface area contributed by atoms with Gasteiger partial charge in [0.1, 0.15) is 5.75 Å². The number of ether oxygens (including phenoxy) is 1. The van der Waals surface area contributed by atoms with E-state index < -0.39 is 0 Å². The molecule has 2 heteroatoms. The van der Waals surface area contributed by atoms with Crippen LogP contribution in [0.15, 0.2) is 54.6 Å². The summed E-state index contributed by atoms with van der Waals surface area (Å²) >= 11 is 0. The van der Waals surface area contributed by atoms with Gasteiger partial charge in [-0.25, -0.2) is 0 Å². The predicted octanol–water partition coefficient (Wildman–Crippen LogP) is 2.87. The molecule has 1 heterocycles. The van der Waals surface area contributed by atoms with E-state index in [9.17, 15) is 0 Å². The van der Waals surface area contributed by atoms with Gasteiger partial charge >= 0.3 is 0 Å². The van der Waals surface area contributed by atoms with Crippen molar-refractivity contribution in [3.05, 3.63) is 65.7 Å². The minimum atomic E-state index is -0.309. The smallest absolute Gasteiger partial charge is 0.124 e. The lowest BCUT2D eigenvalue weighted by Gasteiger charge is -2.35. The van der Waals surface area contributed by atoms with Gasteiger partial charge in [0.2, 0.25) is 0 Å². The standard InChI is InChI=1S/C16H17NO/c17-16(12-13-6-2-1-3-7-13)10-11-18-15-9-5-4-8-14(15)16/h1-9H,10-12,17H2. The molecule has 0 saturated heterocycles. The van der Waals surface area contributed by atoms with Gasteiger partial charge in [-0.2, -0.15) is 0 Å². The van der Waals surface area contributed by atoms with Crippen LogP contribution in [0.5, 0.6) is 5.75 Å². The Morgan fingerprint density at radius 3 is 2.56 bits per heavy atom. The summed E-state index contributed by atoms with van der Waals surface area (Å²) in [6, 6.07) is 18.5. The first-order valence-corrected chi connectivity index (χ1v) is 6.33. The lowest BCUT2D eigenvalue weighted by atomic mass is 9.80. The second kappa shape index (κ2) is 4.46. The lowest BCUT2D eigenvalue weighted by Crippen LogP contribution is -2.43. The van der Waals surface area contributed by atoms with Crippen LogP contribution in [0.3, 0.4) is 0 Å². The molecule has 2 nitrogen and oxygen atoms in total. The summed E-state index contributed by atoms with van der Waals surface area (Å²) in [7, 11) is 0. The van der Waals surface area contributed by atoms with Gasteiger partial charge in [0.05, 0.1) is 12.1 Å². The van der Waals surface area contributed by atoms with Crippen LogP contribution in [-0.2, 0) is 12.0 Å². The van der Waals surface area contributed by atoms with E-state index in [1.165, 1.54) is 5.56 Å². The average molecular weight is 239 g/mol. The van der Waals surface area contributed by atoms with Crippen molar-refractivity contribution in [1.29, 1.82) is 0 Å². The van der Waals surface area contributed by atoms with Gasteiger partial charge in [0.15, 0.2) is 0 Å². The fourth-order valence-electron chi connectivity index (χ4n) is 2.63. The summed E-state index contributed by atoms with van der Waals surface area (Å²) in [5, 5.41) is 0. The molecule has 0 radical (unpaired) electrons. The molecule has 18 heavy (non-hydrogen) atoms. The fourth-order valence-corrected chi connectivity index (χ4v) is 2.63. The van der Waals surface area contributed by atoms with Crippen LogP contribution in [0.4, 0.5) is 0 Å². The third-order valence-electron chi connectivity index (χ3n) is 3.59. The first kappa shape index (κ1) is 11.3. The van der Waals surface area contributed by atoms with Gasteiger partial charge in [0.25, 0.3) is 0 Å². The highest BCUT2D eigenvalue weighted by atomic mass is 16.5. The highest BCUT2D eigenvalue weighted by Gasteiger charge is 2.33. The number of hydrogen-bond donors (Lipinski definition) is 1. The van der Waals surface area contributed by atoms with Crippen molar-refractivity contribution < 1.29 is 4.74 Å². The van der Waals surface area contributed by atoms with Crippen molar-refractivity contribution in [1.82, 2.24) is 0 Å². The Labute approximate surface area is 107 Å². The maximum Gasteiger partial charge on any atom is 0.124 e. The Bertz CT molecular complexity index is 538. The molecular weight excluding hydrogens is 222 g/mol. The first-order valence-electron chi connectivity index (χ1n) is 6.33. The molecule has 0 aliphatic carbocycles. The molecule has 0 amide bonds. The minimum absolute atomic E-state index is 0.309. The monoisotopic (exact) mass is 239 g/mol. The molecule has 1 aliphatic heterocycles. The van der Waals surface area contributed by atoms with Crippen molar-refractivity contribution in [3.63, 3.8) is 0 Å². The predicted molar refractivity (Wildman–Crippen MR) is 72.6 cm³/mol. The zero-order valence-electron chi connectivity index (χ0n) is 10.3. The maximum absolute atomic E-state index is 6.62. The van der Waals surface area contributed by atoms with E-state index in [0.717, 1.165) is 24.2 Å². The van der Waals surface area contributed by atoms with Gasteiger partial charge in [-0.1, -0.05) is 48.5 Å². The SMILES string of the molecule is NC1(Cc2ccccc2)CCOc2ccccc21. The third-order valence-corrected chi connectivity index (χ3v) is 3.59. The van der Waals surface area contributed by atoms with E-state index in [-0.39, 0.29) is 5.54 Å². The molecule has 2 aromatic carbocycles. The van der Waals surface area contributed by atoms with Gasteiger partial charge in [-0.3, -0.25) is 0 Å². The molecule has 1 atom stereocenters. The molecule has 1 aliphatic rings. The largest absolute Gasteiger partial charge is 0.493 e. The molecule has 2 aromatic rings. The van der Waals surface area contributed by atoms with Gasteiger partial charge in [0, 0.05) is 12.0 Å². The van der Waals surface area contributed by atoms with Gasteiger partial charge < -0.3 is 10.5 Å². The molecule has 0 aromatic heterocycles. The van der Waals surface area contributed by atoms with E-state index in [1.807, 2.05) is 24.3 Å². The summed E-state index contributed by atoms with van der Waals surface area (Å²) in [5.74, 6) is 0.933. The number of rotatable bonds is 2. The topological polar surface area (TPSA) is 35.2 Å². The van der Waals surface area contributed by atoms with E-state index in [0.29, 0.717) is 6.61 Å². The molecule has 0 bridgehead atoms. The first-order chi connectivity index (χ1) is 8.78. The maximum atomic E-state index is 6.62. The van der Waals surface area contributed by atoms with Crippen LogP contribution < -0.4 is 10.5 Å². The van der Waals surface area contributed by atoms with E-state index >= 15 is 0 Å². The normalized spacial score (nSPS) is 22.1. The Morgan fingerprint density at radius 1 is 1.00 bits per heavy atom. The summed E-state index contributed by atoms with van der Waals surface area (Å²) in [6.07, 6.45) is 1.72. The minimum Gasteiger partial charge on any atom is -0.493 e. The molecule has 2 N–H and O–H groups in total. The molecule has 3 rings (SSSR count). The average Bonchev–Trinajstić information content (AvgIpc) is 2.40. The zero-order valence-corrected chi connectivity index (χ0v) is 10.3. The number of fused-ring (bicyclic) bond motifs is 1. The quantitative estimate of drug-likeness (QED) is 0.874. The van der Waals surface area contributed by atoms with Crippen LogP contribution in [0.2, 0.25) is 0 Å². The van der Waals surface area contributed by atoms with E-state index in [2.05, 4.69) is 30.3 Å². The van der Waals surface area contributed by atoms with Gasteiger partial charge in [-0.05, 0) is 18.1 Å². The Morgan fingerprint density at radius 2 is 1.72 bits per heavy atom.